The lowest BCUT2D eigenvalue weighted by Gasteiger charge is -2.26. The molecule has 3 rings (SSSR count). The predicted octanol–water partition coefficient (Wildman–Crippen LogP) is 3.47. The van der Waals surface area contributed by atoms with Crippen LogP contribution in [0.3, 0.4) is 0 Å². The Morgan fingerprint density at radius 1 is 1.21 bits per heavy atom. The standard InChI is InChI=1S/C18H15BrClN3O5S/c1-9(24)21-11-2-4-12(5-3-11)29(27,28)23-15-8-16(18(25)26)22-14-7-10(20)6-13(19)17(14)15/h2-8,15,22-23H,1H3,(H,21,24)(H,25,26). The molecule has 0 spiro atoms. The lowest BCUT2D eigenvalue weighted by atomic mass is 10.0. The fourth-order valence-corrected chi connectivity index (χ4v) is 5.02. The van der Waals surface area contributed by atoms with Crippen LogP contribution in [0.15, 0.2) is 57.5 Å². The van der Waals surface area contributed by atoms with E-state index in [0.29, 0.717) is 26.4 Å². The van der Waals surface area contributed by atoms with Crippen LogP contribution in [-0.2, 0) is 19.6 Å². The van der Waals surface area contributed by atoms with Gasteiger partial charge in [0.25, 0.3) is 0 Å². The van der Waals surface area contributed by atoms with Crippen molar-refractivity contribution in [3.8, 4) is 0 Å². The summed E-state index contributed by atoms with van der Waals surface area (Å²) in [6.45, 7) is 1.34. The molecule has 2 aromatic carbocycles. The number of rotatable bonds is 5. The second-order valence-corrected chi connectivity index (χ2v) is 9.17. The summed E-state index contributed by atoms with van der Waals surface area (Å²) in [4.78, 5) is 22.5. The van der Waals surface area contributed by atoms with Gasteiger partial charge >= 0.3 is 5.97 Å². The zero-order chi connectivity index (χ0) is 21.3. The van der Waals surface area contributed by atoms with Gasteiger partial charge in [0.1, 0.15) is 5.70 Å². The number of halogens is 2. The van der Waals surface area contributed by atoms with Crippen molar-refractivity contribution in [2.24, 2.45) is 0 Å². The highest BCUT2D eigenvalue weighted by Gasteiger charge is 2.29. The Kier molecular flexibility index (Phi) is 5.99. The van der Waals surface area contributed by atoms with E-state index in [0.717, 1.165) is 0 Å². The third-order valence-corrected chi connectivity index (χ3v) is 6.34. The van der Waals surface area contributed by atoms with Crippen molar-refractivity contribution in [3.63, 3.8) is 0 Å². The van der Waals surface area contributed by atoms with Crippen LogP contribution in [0.4, 0.5) is 11.4 Å². The molecule has 1 aliphatic heterocycles. The first-order valence-electron chi connectivity index (χ1n) is 8.18. The van der Waals surface area contributed by atoms with Gasteiger partial charge in [0, 0.05) is 33.4 Å². The molecule has 0 radical (unpaired) electrons. The molecule has 1 unspecified atom stereocenters. The van der Waals surface area contributed by atoms with Crippen LogP contribution in [0.2, 0.25) is 5.02 Å². The number of carbonyl (C=O) groups is 2. The van der Waals surface area contributed by atoms with Gasteiger partial charge in [-0.2, -0.15) is 4.72 Å². The average Bonchev–Trinajstić information content (AvgIpc) is 2.60. The summed E-state index contributed by atoms with van der Waals surface area (Å²) >= 11 is 9.38. The Balaban J connectivity index is 1.97. The molecule has 1 amide bonds. The molecule has 0 aromatic heterocycles. The zero-order valence-corrected chi connectivity index (χ0v) is 18.0. The molecule has 0 bridgehead atoms. The van der Waals surface area contributed by atoms with Crippen LogP contribution in [0.1, 0.15) is 18.5 Å². The highest BCUT2D eigenvalue weighted by molar-refractivity contribution is 9.10. The normalized spacial score (nSPS) is 15.7. The SMILES string of the molecule is CC(=O)Nc1ccc(S(=O)(=O)NC2C=C(C(=O)O)Nc3cc(Cl)cc(Br)c32)cc1. The summed E-state index contributed by atoms with van der Waals surface area (Å²) in [5.41, 5.74) is 1.14. The van der Waals surface area contributed by atoms with Crippen LogP contribution < -0.4 is 15.4 Å². The summed E-state index contributed by atoms with van der Waals surface area (Å²) in [5, 5.41) is 15.0. The molecule has 1 atom stereocenters. The maximum absolute atomic E-state index is 12.9. The smallest absolute Gasteiger partial charge is 0.352 e. The number of carboxylic acids is 1. The predicted molar refractivity (Wildman–Crippen MR) is 112 cm³/mol. The number of aliphatic carboxylic acids is 1. The van der Waals surface area contributed by atoms with Crippen molar-refractivity contribution < 1.29 is 23.1 Å². The van der Waals surface area contributed by atoms with E-state index >= 15 is 0 Å². The van der Waals surface area contributed by atoms with Gasteiger partial charge in [0.2, 0.25) is 15.9 Å². The number of nitrogens with one attached hydrogen (secondary N) is 3. The van der Waals surface area contributed by atoms with Crippen LogP contribution in [-0.4, -0.2) is 25.4 Å². The maximum Gasteiger partial charge on any atom is 0.352 e. The number of hydrogen-bond donors (Lipinski definition) is 4. The number of anilines is 2. The molecule has 0 aliphatic carbocycles. The number of sulfonamides is 1. The minimum Gasteiger partial charge on any atom is -0.477 e. The number of fused-ring (bicyclic) bond motifs is 1. The number of benzene rings is 2. The fourth-order valence-electron chi connectivity index (χ4n) is 2.81. The maximum atomic E-state index is 12.9. The van der Waals surface area contributed by atoms with Crippen LogP contribution in [0.5, 0.6) is 0 Å². The molecule has 1 heterocycles. The third kappa shape index (κ3) is 4.78. The van der Waals surface area contributed by atoms with E-state index in [-0.39, 0.29) is 16.5 Å². The van der Waals surface area contributed by atoms with E-state index in [1.807, 2.05) is 0 Å². The Bertz CT molecular complexity index is 1130. The molecule has 2 aromatic rings. The van der Waals surface area contributed by atoms with Crippen LogP contribution >= 0.6 is 27.5 Å². The Morgan fingerprint density at radius 2 is 1.86 bits per heavy atom. The first-order valence-corrected chi connectivity index (χ1v) is 10.8. The van der Waals surface area contributed by atoms with Gasteiger partial charge in [-0.05, 0) is 42.5 Å². The number of carbonyl (C=O) groups excluding carboxylic acids is 1. The molecule has 4 N–H and O–H groups in total. The molecular formula is C18H15BrClN3O5S. The fraction of sp³-hybridized carbons (Fsp3) is 0.111. The van der Waals surface area contributed by atoms with Gasteiger partial charge in [-0.15, -0.1) is 0 Å². The summed E-state index contributed by atoms with van der Waals surface area (Å²) in [5.74, 6) is -1.52. The summed E-state index contributed by atoms with van der Waals surface area (Å²) in [7, 11) is -4.01. The van der Waals surface area contributed by atoms with E-state index < -0.39 is 22.0 Å². The second-order valence-electron chi connectivity index (χ2n) is 6.16. The minimum atomic E-state index is -4.01. The first kappa shape index (κ1) is 21.3. The summed E-state index contributed by atoms with van der Waals surface area (Å²) in [6, 6.07) is 7.75. The average molecular weight is 501 g/mol. The Labute approximate surface area is 180 Å². The molecule has 0 saturated carbocycles. The van der Waals surface area contributed by atoms with Crippen molar-refractivity contribution in [2.75, 3.05) is 10.6 Å². The van der Waals surface area contributed by atoms with Crippen molar-refractivity contribution in [1.82, 2.24) is 4.72 Å². The number of hydrogen-bond acceptors (Lipinski definition) is 5. The first-order chi connectivity index (χ1) is 13.6. The largest absolute Gasteiger partial charge is 0.477 e. The Hall–Kier alpha value is -2.40. The van der Waals surface area contributed by atoms with Crippen molar-refractivity contribution in [1.29, 1.82) is 0 Å². The molecule has 0 fully saturated rings. The van der Waals surface area contributed by atoms with Crippen LogP contribution in [0, 0.1) is 0 Å². The Morgan fingerprint density at radius 3 is 2.45 bits per heavy atom. The molecule has 152 valence electrons. The van der Waals surface area contributed by atoms with Crippen molar-refractivity contribution >= 4 is 60.8 Å². The third-order valence-electron chi connectivity index (χ3n) is 4.01. The van der Waals surface area contributed by atoms with Gasteiger partial charge in [0.05, 0.1) is 10.9 Å². The van der Waals surface area contributed by atoms with E-state index in [1.54, 1.807) is 6.07 Å². The second kappa shape index (κ2) is 8.15. The molecule has 29 heavy (non-hydrogen) atoms. The summed E-state index contributed by atoms with van der Waals surface area (Å²) in [6.07, 6.45) is 1.27. The van der Waals surface area contributed by atoms with Crippen molar-refractivity contribution in [3.05, 3.63) is 63.2 Å². The van der Waals surface area contributed by atoms with Gasteiger partial charge in [0.15, 0.2) is 0 Å². The van der Waals surface area contributed by atoms with Gasteiger partial charge in [-0.3, -0.25) is 4.79 Å². The monoisotopic (exact) mass is 499 g/mol. The molecule has 11 heteroatoms. The number of amides is 1. The van der Waals surface area contributed by atoms with E-state index in [4.69, 9.17) is 11.6 Å². The molecule has 1 aliphatic rings. The van der Waals surface area contributed by atoms with Crippen LogP contribution in [0.25, 0.3) is 0 Å². The summed E-state index contributed by atoms with van der Waals surface area (Å²) < 4.78 is 28.7. The topological polar surface area (TPSA) is 125 Å². The van der Waals surface area contributed by atoms with Gasteiger partial charge in [-0.25, -0.2) is 13.2 Å². The molecule has 0 saturated heterocycles. The highest BCUT2D eigenvalue weighted by atomic mass is 79.9. The quantitative estimate of drug-likeness (QED) is 0.498. The van der Waals surface area contributed by atoms with E-state index in [1.165, 1.54) is 43.3 Å². The van der Waals surface area contributed by atoms with Gasteiger partial charge in [-0.1, -0.05) is 27.5 Å². The van der Waals surface area contributed by atoms with Crippen molar-refractivity contribution in [2.45, 2.75) is 17.9 Å². The van der Waals surface area contributed by atoms with E-state index in [9.17, 15) is 23.1 Å². The minimum absolute atomic E-state index is 0.0398. The molecular weight excluding hydrogens is 486 g/mol. The highest BCUT2D eigenvalue weighted by Crippen LogP contribution is 2.39. The lowest BCUT2D eigenvalue weighted by Crippen LogP contribution is -2.32. The lowest BCUT2D eigenvalue weighted by molar-refractivity contribution is -0.132. The number of carboxylic acid groups (broad SMARTS) is 1. The van der Waals surface area contributed by atoms with Gasteiger partial charge < -0.3 is 15.7 Å². The van der Waals surface area contributed by atoms with E-state index in [2.05, 4.69) is 31.3 Å². The zero-order valence-electron chi connectivity index (χ0n) is 14.9. The molecule has 8 nitrogen and oxygen atoms in total.